The van der Waals surface area contributed by atoms with Gasteiger partial charge in [0.1, 0.15) is 0 Å². The molecule has 0 bridgehead atoms. The fourth-order valence-corrected chi connectivity index (χ4v) is 5.52. The minimum atomic E-state index is 0.142. The van der Waals surface area contributed by atoms with Crippen LogP contribution in [0.4, 0.5) is 5.95 Å². The van der Waals surface area contributed by atoms with E-state index >= 15 is 0 Å². The number of rotatable bonds is 4. The summed E-state index contributed by atoms with van der Waals surface area (Å²) in [4.78, 5) is 20.0. The van der Waals surface area contributed by atoms with E-state index in [0.717, 1.165) is 75.6 Å². The summed E-state index contributed by atoms with van der Waals surface area (Å²) in [5, 5.41) is 4.57. The van der Waals surface area contributed by atoms with Gasteiger partial charge < -0.3 is 10.2 Å². The molecule has 0 spiro atoms. The van der Waals surface area contributed by atoms with Gasteiger partial charge in [0.05, 0.1) is 10.4 Å². The number of anilines is 1. The Morgan fingerprint density at radius 3 is 2.90 bits per heavy atom. The monoisotopic (exact) mass is 409 g/mol. The maximum absolute atomic E-state index is 12.9. The molecule has 0 radical (unpaired) electrons. The first-order valence-electron chi connectivity index (χ1n) is 10.6. The number of fused-ring (bicyclic) bond motifs is 2. The number of nitrogens with zero attached hydrogens (tertiary/aromatic N) is 4. The number of aryl methyl sites for hydroxylation is 1. The molecule has 29 heavy (non-hydrogen) atoms. The molecule has 5 rings (SSSR count). The van der Waals surface area contributed by atoms with Crippen LogP contribution in [0, 0.1) is 6.92 Å². The first kappa shape index (κ1) is 18.8. The number of aromatic nitrogens is 3. The third-order valence-corrected chi connectivity index (χ3v) is 7.21. The van der Waals surface area contributed by atoms with Crippen LogP contribution in [0.15, 0.2) is 29.1 Å². The lowest BCUT2D eigenvalue weighted by Crippen LogP contribution is -2.37. The summed E-state index contributed by atoms with van der Waals surface area (Å²) >= 11 is 1.62. The minimum absolute atomic E-state index is 0.142. The van der Waals surface area contributed by atoms with Crippen LogP contribution in [0.5, 0.6) is 0 Å². The van der Waals surface area contributed by atoms with E-state index < -0.39 is 0 Å². The van der Waals surface area contributed by atoms with Crippen molar-refractivity contribution in [3.8, 4) is 0 Å². The van der Waals surface area contributed by atoms with Crippen molar-refractivity contribution >= 4 is 27.6 Å². The van der Waals surface area contributed by atoms with E-state index in [1.54, 1.807) is 11.5 Å². The van der Waals surface area contributed by atoms with Crippen LogP contribution in [0.1, 0.15) is 42.1 Å². The van der Waals surface area contributed by atoms with Crippen molar-refractivity contribution in [1.82, 2.24) is 18.8 Å². The first-order valence-corrected chi connectivity index (χ1v) is 11.4. The largest absolute Gasteiger partial charge is 0.355 e. The summed E-state index contributed by atoms with van der Waals surface area (Å²) in [6, 6.07) is 8.56. The predicted molar refractivity (Wildman–Crippen MR) is 118 cm³/mol. The molecule has 1 fully saturated rings. The van der Waals surface area contributed by atoms with Gasteiger partial charge in [-0.2, -0.15) is 4.37 Å². The van der Waals surface area contributed by atoms with Crippen molar-refractivity contribution in [2.24, 2.45) is 0 Å². The zero-order valence-corrected chi connectivity index (χ0v) is 17.7. The van der Waals surface area contributed by atoms with E-state index in [2.05, 4.69) is 39.5 Å². The Morgan fingerprint density at radius 2 is 2.03 bits per heavy atom. The van der Waals surface area contributed by atoms with Gasteiger partial charge in [-0.25, -0.2) is 4.98 Å². The van der Waals surface area contributed by atoms with Crippen LogP contribution in [0.3, 0.4) is 0 Å². The van der Waals surface area contributed by atoms with Gasteiger partial charge in [-0.1, -0.05) is 18.2 Å². The molecule has 3 aromatic rings. The number of likely N-dealkylation sites (tertiary alicyclic amines) is 1. The highest BCUT2D eigenvalue weighted by atomic mass is 32.1. The summed E-state index contributed by atoms with van der Waals surface area (Å²) in [5.41, 5.74) is 3.18. The molecule has 1 saturated heterocycles. The number of benzene rings is 1. The molecule has 4 heterocycles. The molecule has 2 aromatic heterocycles. The molecule has 152 valence electrons. The Bertz CT molecular complexity index is 1080. The molecule has 0 atom stereocenters. The second-order valence-electron chi connectivity index (χ2n) is 8.17. The molecule has 0 saturated carbocycles. The van der Waals surface area contributed by atoms with E-state index in [0.29, 0.717) is 5.92 Å². The summed E-state index contributed by atoms with van der Waals surface area (Å²) in [7, 11) is 0. The second kappa shape index (κ2) is 7.88. The molecule has 0 aliphatic carbocycles. The Balaban J connectivity index is 1.23. The molecule has 0 unspecified atom stereocenters. The zero-order valence-electron chi connectivity index (χ0n) is 16.9. The van der Waals surface area contributed by atoms with Gasteiger partial charge in [0.15, 0.2) is 0 Å². The average molecular weight is 410 g/mol. The number of piperidine rings is 1. The summed E-state index contributed by atoms with van der Waals surface area (Å²) in [6.45, 7) is 6.69. The van der Waals surface area contributed by atoms with Crippen LogP contribution >= 0.6 is 11.5 Å². The van der Waals surface area contributed by atoms with E-state index in [4.69, 9.17) is 4.37 Å². The summed E-state index contributed by atoms with van der Waals surface area (Å²) < 4.78 is 7.86. The molecular weight excluding hydrogens is 382 g/mol. The molecule has 0 amide bonds. The Hall–Kier alpha value is -2.25. The van der Waals surface area contributed by atoms with Crippen molar-refractivity contribution in [3.63, 3.8) is 0 Å². The van der Waals surface area contributed by atoms with Crippen LogP contribution < -0.4 is 10.9 Å². The maximum atomic E-state index is 12.9. The van der Waals surface area contributed by atoms with Crippen LogP contribution in [0.2, 0.25) is 0 Å². The molecule has 6 nitrogen and oxygen atoms in total. The van der Waals surface area contributed by atoms with Crippen molar-refractivity contribution in [3.05, 3.63) is 51.6 Å². The molecular formula is C22H27N5OS. The lowest BCUT2D eigenvalue weighted by atomic mass is 9.91. The van der Waals surface area contributed by atoms with Gasteiger partial charge in [0.2, 0.25) is 5.95 Å². The third-order valence-electron chi connectivity index (χ3n) is 6.37. The second-order valence-corrected chi connectivity index (χ2v) is 8.97. The fraction of sp³-hybridized carbons (Fsp3) is 0.500. The number of hydrogen-bond acceptors (Lipinski definition) is 6. The predicted octanol–water partition coefficient (Wildman–Crippen LogP) is 3.40. The topological polar surface area (TPSA) is 63.1 Å². The standard InChI is InChI=1S/C22H27N5OS/c1-15-17(21(28)27-11-4-10-23-22(27)24-15)9-14-26-12-7-16(8-13-26)20-18-5-2-3-6-19(18)29-25-20/h2-3,5-6,16H,4,7-14H2,1H3,(H,23,24). The SMILES string of the molecule is Cc1nc2n(c(=O)c1CCN1CCC(c3nsc4ccccc34)CC1)CCCN2. The first-order chi connectivity index (χ1) is 14.2. The minimum Gasteiger partial charge on any atom is -0.355 e. The third kappa shape index (κ3) is 3.57. The normalized spacial score (nSPS) is 18.0. The highest BCUT2D eigenvalue weighted by Gasteiger charge is 2.24. The average Bonchev–Trinajstić information content (AvgIpc) is 3.18. The molecule has 1 N–H and O–H groups in total. The van der Waals surface area contributed by atoms with E-state index in [9.17, 15) is 4.79 Å². The Labute approximate surface area is 174 Å². The zero-order chi connectivity index (χ0) is 19.8. The van der Waals surface area contributed by atoms with Gasteiger partial charge in [-0.15, -0.1) is 0 Å². The molecule has 1 aromatic carbocycles. The summed E-state index contributed by atoms with van der Waals surface area (Å²) in [6.07, 6.45) is 4.04. The van der Waals surface area contributed by atoms with E-state index in [1.807, 2.05) is 11.5 Å². The number of hydrogen-bond donors (Lipinski definition) is 1. The van der Waals surface area contributed by atoms with Crippen LogP contribution in [-0.2, 0) is 13.0 Å². The van der Waals surface area contributed by atoms with Crippen molar-refractivity contribution in [2.75, 3.05) is 31.5 Å². The lowest BCUT2D eigenvalue weighted by Gasteiger charge is -2.31. The smallest absolute Gasteiger partial charge is 0.258 e. The number of nitrogens with one attached hydrogen (secondary N) is 1. The molecule has 2 aliphatic heterocycles. The van der Waals surface area contributed by atoms with Crippen LogP contribution in [-0.4, -0.2) is 45.0 Å². The highest BCUT2D eigenvalue weighted by molar-refractivity contribution is 7.13. The fourth-order valence-electron chi connectivity index (χ4n) is 4.67. The van der Waals surface area contributed by atoms with Gasteiger partial charge in [-0.3, -0.25) is 9.36 Å². The molecule has 2 aliphatic rings. The lowest BCUT2D eigenvalue weighted by molar-refractivity contribution is 0.213. The van der Waals surface area contributed by atoms with Crippen molar-refractivity contribution in [2.45, 2.75) is 45.1 Å². The van der Waals surface area contributed by atoms with E-state index in [1.165, 1.54) is 15.8 Å². The maximum Gasteiger partial charge on any atom is 0.258 e. The van der Waals surface area contributed by atoms with Gasteiger partial charge in [0.25, 0.3) is 5.56 Å². The Morgan fingerprint density at radius 1 is 1.21 bits per heavy atom. The summed E-state index contributed by atoms with van der Waals surface area (Å²) in [5.74, 6) is 1.28. The van der Waals surface area contributed by atoms with Gasteiger partial charge in [-0.05, 0) is 63.3 Å². The van der Waals surface area contributed by atoms with Crippen LogP contribution in [0.25, 0.3) is 10.1 Å². The van der Waals surface area contributed by atoms with Gasteiger partial charge >= 0.3 is 0 Å². The van der Waals surface area contributed by atoms with E-state index in [-0.39, 0.29) is 5.56 Å². The van der Waals surface area contributed by atoms with Gasteiger partial charge in [0, 0.05) is 42.2 Å². The van der Waals surface area contributed by atoms with Crippen molar-refractivity contribution < 1.29 is 0 Å². The highest BCUT2D eigenvalue weighted by Crippen LogP contribution is 2.34. The Kier molecular flexibility index (Phi) is 5.09. The quantitative estimate of drug-likeness (QED) is 0.716. The van der Waals surface area contributed by atoms with Crippen molar-refractivity contribution in [1.29, 1.82) is 0 Å². The molecule has 7 heteroatoms.